The van der Waals surface area contributed by atoms with Gasteiger partial charge in [0.25, 0.3) is 15.9 Å². The molecule has 0 fully saturated rings. The van der Waals surface area contributed by atoms with Gasteiger partial charge in [-0.05, 0) is 25.1 Å². The van der Waals surface area contributed by atoms with Crippen LogP contribution in [-0.4, -0.2) is 39.3 Å². The summed E-state index contributed by atoms with van der Waals surface area (Å²) in [5.41, 5.74) is 1.81. The Morgan fingerprint density at radius 2 is 1.88 bits per heavy atom. The normalized spacial score (nSPS) is 11.3. The van der Waals surface area contributed by atoms with E-state index in [9.17, 15) is 13.2 Å². The van der Waals surface area contributed by atoms with Crippen LogP contribution in [0.2, 0.25) is 0 Å². The van der Waals surface area contributed by atoms with E-state index in [0.717, 1.165) is 16.4 Å². The predicted octanol–water partition coefficient (Wildman–Crippen LogP) is 2.62. The highest BCUT2D eigenvalue weighted by Crippen LogP contribution is 2.23. The first-order valence-corrected chi connectivity index (χ1v) is 9.34. The summed E-state index contributed by atoms with van der Waals surface area (Å²) in [7, 11) is -0.915. The molecule has 0 saturated carbocycles. The van der Waals surface area contributed by atoms with E-state index < -0.39 is 15.9 Å². The lowest BCUT2D eigenvalue weighted by Gasteiger charge is -2.11. The van der Waals surface area contributed by atoms with E-state index in [1.165, 1.54) is 20.2 Å². The lowest BCUT2D eigenvalue weighted by atomic mass is 10.1. The minimum absolute atomic E-state index is 0. The summed E-state index contributed by atoms with van der Waals surface area (Å²) >= 11 is 0. The summed E-state index contributed by atoms with van der Waals surface area (Å²) in [5.74, 6) is -0.160. The van der Waals surface area contributed by atoms with Crippen molar-refractivity contribution < 1.29 is 17.6 Å². The number of amides is 1. The minimum Gasteiger partial charge on any atom is -0.448 e. The number of nitrogens with one attached hydrogen (secondary N) is 2. The molecule has 1 heterocycles. The van der Waals surface area contributed by atoms with E-state index in [1.807, 2.05) is 25.1 Å². The molecule has 7 nitrogen and oxygen atoms in total. The van der Waals surface area contributed by atoms with Gasteiger partial charge in [0.15, 0.2) is 0 Å². The van der Waals surface area contributed by atoms with E-state index in [2.05, 4.69) is 10.6 Å². The highest BCUT2D eigenvalue weighted by atomic mass is 35.5. The summed E-state index contributed by atoms with van der Waals surface area (Å²) in [5, 5.41) is 5.79. The molecule has 9 heteroatoms. The van der Waals surface area contributed by atoms with Crippen molar-refractivity contribution >= 4 is 34.0 Å². The van der Waals surface area contributed by atoms with E-state index in [4.69, 9.17) is 4.42 Å². The Bertz CT molecular complexity index is 863. The Labute approximate surface area is 160 Å². The van der Waals surface area contributed by atoms with E-state index in [0.29, 0.717) is 12.2 Å². The second-order valence-electron chi connectivity index (χ2n) is 5.71. The molecular weight excluding hydrogens is 378 g/mol. The molecule has 0 spiro atoms. The summed E-state index contributed by atoms with van der Waals surface area (Å²) in [4.78, 5) is 12.6. The van der Waals surface area contributed by atoms with Gasteiger partial charge in [0.05, 0.1) is 5.56 Å². The number of sulfonamides is 1. The SMILES string of the molecule is CCNCc1ccccc1NC(=O)c1cc(S(=O)(=O)N(C)C)oc1C.Cl. The van der Waals surface area contributed by atoms with Gasteiger partial charge in [-0.15, -0.1) is 12.4 Å². The summed E-state index contributed by atoms with van der Waals surface area (Å²) < 4.78 is 30.6. The minimum atomic E-state index is -3.73. The van der Waals surface area contributed by atoms with Crippen LogP contribution in [0.1, 0.15) is 28.6 Å². The molecule has 0 saturated heterocycles. The number of hydrogen-bond donors (Lipinski definition) is 2. The standard InChI is InChI=1S/C17H23N3O4S.ClH/c1-5-18-11-13-8-6-7-9-15(13)19-17(21)14-10-16(24-12(14)2)25(22,23)20(3)4;/h6-10,18H,5,11H2,1-4H3,(H,19,21);1H. The first-order chi connectivity index (χ1) is 11.8. The fourth-order valence-corrected chi connectivity index (χ4v) is 3.09. The van der Waals surface area contributed by atoms with Gasteiger partial charge >= 0.3 is 0 Å². The van der Waals surface area contributed by atoms with Crippen molar-refractivity contribution in [2.24, 2.45) is 0 Å². The third kappa shape index (κ3) is 4.85. The highest BCUT2D eigenvalue weighted by Gasteiger charge is 2.25. The predicted molar refractivity (Wildman–Crippen MR) is 103 cm³/mol. The summed E-state index contributed by atoms with van der Waals surface area (Å²) in [6.07, 6.45) is 0. The Balaban J connectivity index is 0.00000338. The molecule has 2 N–H and O–H groups in total. The molecule has 1 aromatic carbocycles. The summed E-state index contributed by atoms with van der Waals surface area (Å²) in [6.45, 7) is 5.00. The van der Waals surface area contributed by atoms with Gasteiger partial charge in [0, 0.05) is 32.4 Å². The zero-order valence-electron chi connectivity index (χ0n) is 15.2. The Kier molecular flexibility index (Phi) is 7.83. The highest BCUT2D eigenvalue weighted by molar-refractivity contribution is 7.88. The largest absolute Gasteiger partial charge is 0.448 e. The number of furan rings is 1. The molecule has 144 valence electrons. The summed E-state index contributed by atoms with van der Waals surface area (Å²) in [6, 6.07) is 8.70. The van der Waals surface area contributed by atoms with Gasteiger partial charge in [-0.2, -0.15) is 0 Å². The van der Waals surface area contributed by atoms with Gasteiger partial charge in [0.2, 0.25) is 5.09 Å². The molecule has 26 heavy (non-hydrogen) atoms. The lowest BCUT2D eigenvalue weighted by molar-refractivity contribution is 0.102. The van der Waals surface area contributed by atoms with Crippen molar-refractivity contribution in [2.75, 3.05) is 26.0 Å². The average molecular weight is 402 g/mol. The van der Waals surface area contributed by atoms with Crippen molar-refractivity contribution in [1.82, 2.24) is 9.62 Å². The molecule has 0 aliphatic rings. The fraction of sp³-hybridized carbons (Fsp3) is 0.353. The molecule has 2 rings (SSSR count). The molecule has 0 radical (unpaired) electrons. The van der Waals surface area contributed by atoms with Crippen LogP contribution in [0, 0.1) is 6.92 Å². The molecule has 0 aliphatic carbocycles. The van der Waals surface area contributed by atoms with Gasteiger partial charge in [0.1, 0.15) is 5.76 Å². The number of nitrogens with zero attached hydrogens (tertiary/aromatic N) is 1. The Morgan fingerprint density at radius 1 is 1.23 bits per heavy atom. The number of aryl methyl sites for hydroxylation is 1. The maximum Gasteiger partial charge on any atom is 0.275 e. The number of hydrogen-bond acceptors (Lipinski definition) is 5. The topological polar surface area (TPSA) is 91.6 Å². The van der Waals surface area contributed by atoms with Crippen molar-refractivity contribution in [3.8, 4) is 0 Å². The van der Waals surface area contributed by atoms with Crippen LogP contribution in [0.15, 0.2) is 39.8 Å². The number of carbonyl (C=O) groups excluding carboxylic acids is 1. The first-order valence-electron chi connectivity index (χ1n) is 7.90. The van der Waals surface area contributed by atoms with Crippen molar-refractivity contribution in [2.45, 2.75) is 25.5 Å². The van der Waals surface area contributed by atoms with Gasteiger partial charge < -0.3 is 15.1 Å². The van der Waals surface area contributed by atoms with Crippen LogP contribution in [0.3, 0.4) is 0 Å². The van der Waals surface area contributed by atoms with Gasteiger partial charge in [-0.25, -0.2) is 12.7 Å². The maximum atomic E-state index is 12.6. The average Bonchev–Trinajstić information content (AvgIpc) is 2.96. The van der Waals surface area contributed by atoms with Crippen molar-refractivity contribution in [1.29, 1.82) is 0 Å². The van der Waals surface area contributed by atoms with Crippen LogP contribution in [0.5, 0.6) is 0 Å². The molecule has 1 amide bonds. The second-order valence-corrected chi connectivity index (χ2v) is 7.80. The quantitative estimate of drug-likeness (QED) is 0.744. The molecule has 2 aromatic rings. The number of anilines is 1. The monoisotopic (exact) mass is 401 g/mol. The van der Waals surface area contributed by atoms with Crippen LogP contribution < -0.4 is 10.6 Å². The first kappa shape index (κ1) is 22.2. The number of rotatable bonds is 7. The number of para-hydroxylation sites is 1. The number of carbonyl (C=O) groups is 1. The molecule has 0 aliphatic heterocycles. The zero-order chi connectivity index (χ0) is 18.6. The van der Waals surface area contributed by atoms with Crippen LogP contribution in [0.4, 0.5) is 5.69 Å². The van der Waals surface area contributed by atoms with Gasteiger partial charge in [-0.3, -0.25) is 4.79 Å². The maximum absolute atomic E-state index is 12.6. The Hall–Kier alpha value is -1.87. The zero-order valence-corrected chi connectivity index (χ0v) is 16.8. The van der Waals surface area contributed by atoms with Gasteiger partial charge in [-0.1, -0.05) is 25.1 Å². The van der Waals surface area contributed by atoms with Crippen LogP contribution in [0.25, 0.3) is 0 Å². The van der Waals surface area contributed by atoms with E-state index in [1.54, 1.807) is 13.0 Å². The molecular formula is C17H24ClN3O4S. The van der Waals surface area contributed by atoms with Crippen molar-refractivity contribution in [3.63, 3.8) is 0 Å². The lowest BCUT2D eigenvalue weighted by Crippen LogP contribution is -2.21. The smallest absolute Gasteiger partial charge is 0.275 e. The second kappa shape index (κ2) is 9.18. The van der Waals surface area contributed by atoms with Crippen molar-refractivity contribution in [3.05, 3.63) is 47.2 Å². The molecule has 1 aromatic heterocycles. The molecule has 0 unspecified atom stereocenters. The van der Waals surface area contributed by atoms with Crippen LogP contribution >= 0.6 is 12.4 Å². The third-order valence-electron chi connectivity index (χ3n) is 3.71. The number of halogens is 1. The Morgan fingerprint density at radius 3 is 2.50 bits per heavy atom. The van der Waals surface area contributed by atoms with Crippen LogP contribution in [-0.2, 0) is 16.6 Å². The fourth-order valence-electron chi connectivity index (χ4n) is 2.23. The van der Waals surface area contributed by atoms with E-state index in [-0.39, 0.29) is 28.8 Å². The van der Waals surface area contributed by atoms with E-state index >= 15 is 0 Å². The molecule has 0 bridgehead atoms. The molecule has 0 atom stereocenters. The number of benzene rings is 1. The third-order valence-corrected chi connectivity index (χ3v) is 5.38.